The fourth-order valence-corrected chi connectivity index (χ4v) is 4.94. The summed E-state index contributed by atoms with van der Waals surface area (Å²) in [4.78, 5) is 35.2. The topological polar surface area (TPSA) is 77.0 Å². The maximum Gasteiger partial charge on any atom is 0.321 e. The van der Waals surface area contributed by atoms with Gasteiger partial charge < -0.3 is 20.4 Å². The van der Waals surface area contributed by atoms with Gasteiger partial charge in [0.25, 0.3) is 5.91 Å². The van der Waals surface area contributed by atoms with Gasteiger partial charge in [-0.25, -0.2) is 9.79 Å². The van der Waals surface area contributed by atoms with Gasteiger partial charge in [-0.15, -0.1) is 0 Å². The Balaban J connectivity index is 1.68. The number of likely N-dealkylation sites (N-methyl/N-ethyl adjacent to an activating group) is 1. The number of amides is 3. The van der Waals surface area contributed by atoms with Crippen molar-refractivity contribution in [1.82, 2.24) is 10.2 Å². The van der Waals surface area contributed by atoms with E-state index in [0.29, 0.717) is 11.7 Å². The highest BCUT2D eigenvalue weighted by atomic mass is 16.2. The second kappa shape index (κ2) is 10.7. The van der Waals surface area contributed by atoms with Crippen LogP contribution in [0.4, 0.5) is 16.2 Å². The van der Waals surface area contributed by atoms with E-state index in [2.05, 4.69) is 22.5 Å². The molecule has 0 unspecified atom stereocenters. The molecule has 3 amide bonds. The molecule has 0 spiro atoms. The molecule has 0 aromatic heterocycles. The number of para-hydroxylation sites is 1. The first-order chi connectivity index (χ1) is 16.5. The standard InChI is InChI=1S/C27H35N5O2/c1-4-17-32(21-13-6-5-7-14-21)25-22-15-8-9-16-23(22)31(3)26(33)24(29-25)30-27(34)28-20-12-10-11-19(2)18-20/h8-12,15-16,18,21,24H,4-7,13-14,17H2,1-3H3,(H2,28,30,34)/t24-/m0/s1. The van der Waals surface area contributed by atoms with Crippen molar-refractivity contribution in [2.75, 3.05) is 23.8 Å². The molecule has 2 N–H and O–H groups in total. The van der Waals surface area contributed by atoms with E-state index < -0.39 is 12.2 Å². The number of fused-ring (bicyclic) bond motifs is 1. The lowest BCUT2D eigenvalue weighted by molar-refractivity contribution is -0.119. The van der Waals surface area contributed by atoms with Crippen LogP contribution in [-0.4, -0.2) is 48.5 Å². The van der Waals surface area contributed by atoms with Crippen LogP contribution in [-0.2, 0) is 4.79 Å². The Morgan fingerprint density at radius 1 is 1.12 bits per heavy atom. The van der Waals surface area contributed by atoms with E-state index in [1.807, 2.05) is 55.5 Å². The number of amidine groups is 1. The molecule has 2 aromatic carbocycles. The Bertz CT molecular complexity index is 1060. The van der Waals surface area contributed by atoms with Crippen LogP contribution < -0.4 is 15.5 Å². The summed E-state index contributed by atoms with van der Waals surface area (Å²) in [6.07, 6.45) is 5.89. The van der Waals surface area contributed by atoms with Crippen LogP contribution in [0.15, 0.2) is 53.5 Å². The fourth-order valence-electron chi connectivity index (χ4n) is 4.94. The van der Waals surface area contributed by atoms with Gasteiger partial charge in [-0.3, -0.25) is 4.79 Å². The zero-order valence-electron chi connectivity index (χ0n) is 20.4. The van der Waals surface area contributed by atoms with Crippen LogP contribution in [0.3, 0.4) is 0 Å². The van der Waals surface area contributed by atoms with E-state index in [1.165, 1.54) is 19.3 Å². The summed E-state index contributed by atoms with van der Waals surface area (Å²) in [7, 11) is 1.75. The zero-order valence-corrected chi connectivity index (χ0v) is 20.4. The van der Waals surface area contributed by atoms with Gasteiger partial charge in [0.1, 0.15) is 5.84 Å². The molecule has 1 aliphatic carbocycles. The molecule has 0 radical (unpaired) electrons. The molecule has 2 aliphatic rings. The third kappa shape index (κ3) is 5.24. The third-order valence-electron chi connectivity index (χ3n) is 6.62. The normalized spacial score (nSPS) is 18.6. The number of carbonyl (C=O) groups is 2. The monoisotopic (exact) mass is 461 g/mol. The molecule has 34 heavy (non-hydrogen) atoms. The lowest BCUT2D eigenvalue weighted by Gasteiger charge is -2.37. The Hall–Kier alpha value is -3.35. The van der Waals surface area contributed by atoms with Crippen molar-refractivity contribution < 1.29 is 9.59 Å². The average molecular weight is 462 g/mol. The van der Waals surface area contributed by atoms with Gasteiger partial charge in [-0.1, -0.05) is 50.5 Å². The number of aliphatic imine (C=N–C) groups is 1. The van der Waals surface area contributed by atoms with Crippen molar-refractivity contribution in [3.05, 3.63) is 59.7 Å². The third-order valence-corrected chi connectivity index (χ3v) is 6.62. The summed E-state index contributed by atoms with van der Waals surface area (Å²) in [6.45, 7) is 4.99. The highest BCUT2D eigenvalue weighted by molar-refractivity contribution is 6.12. The van der Waals surface area contributed by atoms with Gasteiger partial charge in [-0.05, 0) is 56.0 Å². The molecule has 0 saturated heterocycles. The van der Waals surface area contributed by atoms with Crippen LogP contribution in [0.25, 0.3) is 0 Å². The summed E-state index contributed by atoms with van der Waals surface area (Å²) >= 11 is 0. The molecule has 1 fully saturated rings. The average Bonchev–Trinajstić information content (AvgIpc) is 2.94. The summed E-state index contributed by atoms with van der Waals surface area (Å²) in [6, 6.07) is 15.4. The van der Waals surface area contributed by atoms with Crippen LogP contribution >= 0.6 is 0 Å². The number of carbonyl (C=O) groups excluding carboxylic acids is 2. The van der Waals surface area contributed by atoms with E-state index >= 15 is 0 Å². The molecule has 180 valence electrons. The second-order valence-electron chi connectivity index (χ2n) is 9.22. The van der Waals surface area contributed by atoms with Crippen molar-refractivity contribution in [1.29, 1.82) is 0 Å². The summed E-state index contributed by atoms with van der Waals surface area (Å²) in [5.74, 6) is 0.532. The first kappa shape index (κ1) is 23.8. The molecule has 4 rings (SSSR count). The van der Waals surface area contributed by atoms with Crippen LogP contribution in [0.1, 0.15) is 56.6 Å². The minimum absolute atomic E-state index is 0.262. The fraction of sp³-hybridized carbons (Fsp3) is 0.444. The Morgan fingerprint density at radius 3 is 2.62 bits per heavy atom. The summed E-state index contributed by atoms with van der Waals surface area (Å²) < 4.78 is 0. The highest BCUT2D eigenvalue weighted by Crippen LogP contribution is 2.30. The van der Waals surface area contributed by atoms with Crippen molar-refractivity contribution in [3.8, 4) is 0 Å². The smallest absolute Gasteiger partial charge is 0.321 e. The molecule has 0 bridgehead atoms. The predicted octanol–water partition coefficient (Wildman–Crippen LogP) is 4.91. The molecule has 7 heteroatoms. The highest BCUT2D eigenvalue weighted by Gasteiger charge is 2.34. The van der Waals surface area contributed by atoms with Crippen molar-refractivity contribution in [2.45, 2.75) is 64.6 Å². The van der Waals surface area contributed by atoms with Gasteiger partial charge in [0, 0.05) is 30.9 Å². The molecule has 2 aromatic rings. The van der Waals surface area contributed by atoms with Gasteiger partial charge in [-0.2, -0.15) is 0 Å². The Kier molecular flexibility index (Phi) is 7.50. The number of benzodiazepines with no additional fused rings is 1. The number of anilines is 2. The van der Waals surface area contributed by atoms with E-state index in [4.69, 9.17) is 4.99 Å². The number of nitrogens with one attached hydrogen (secondary N) is 2. The first-order valence-corrected chi connectivity index (χ1v) is 12.3. The molecular weight excluding hydrogens is 426 g/mol. The quantitative estimate of drug-likeness (QED) is 0.664. The van der Waals surface area contributed by atoms with E-state index in [0.717, 1.165) is 48.5 Å². The van der Waals surface area contributed by atoms with E-state index in [1.54, 1.807) is 11.9 Å². The zero-order chi connectivity index (χ0) is 24.1. The van der Waals surface area contributed by atoms with Crippen LogP contribution in [0.2, 0.25) is 0 Å². The summed E-state index contributed by atoms with van der Waals surface area (Å²) in [5, 5.41) is 5.65. The molecule has 7 nitrogen and oxygen atoms in total. The van der Waals surface area contributed by atoms with Gasteiger partial charge in [0.2, 0.25) is 6.17 Å². The second-order valence-corrected chi connectivity index (χ2v) is 9.22. The molecule has 1 saturated carbocycles. The van der Waals surface area contributed by atoms with Crippen molar-refractivity contribution in [3.63, 3.8) is 0 Å². The van der Waals surface area contributed by atoms with Crippen molar-refractivity contribution >= 4 is 29.1 Å². The van der Waals surface area contributed by atoms with Crippen LogP contribution in [0, 0.1) is 6.92 Å². The number of hydrogen-bond donors (Lipinski definition) is 2. The lowest BCUT2D eigenvalue weighted by atomic mass is 9.93. The molecule has 1 aliphatic heterocycles. The number of urea groups is 1. The lowest BCUT2D eigenvalue weighted by Crippen LogP contribution is -2.48. The number of benzene rings is 2. The largest absolute Gasteiger partial charge is 0.353 e. The maximum absolute atomic E-state index is 13.4. The molecule has 1 atom stereocenters. The Morgan fingerprint density at radius 2 is 1.88 bits per heavy atom. The summed E-state index contributed by atoms with van der Waals surface area (Å²) in [5.41, 5.74) is 3.46. The minimum Gasteiger partial charge on any atom is -0.353 e. The van der Waals surface area contributed by atoms with Crippen LogP contribution in [0.5, 0.6) is 0 Å². The number of hydrogen-bond acceptors (Lipinski definition) is 4. The number of rotatable bonds is 5. The molecule has 1 heterocycles. The molecular formula is C27H35N5O2. The Labute approximate surface area is 202 Å². The number of aryl methyl sites for hydroxylation is 1. The minimum atomic E-state index is -1.01. The first-order valence-electron chi connectivity index (χ1n) is 12.3. The van der Waals surface area contributed by atoms with E-state index in [9.17, 15) is 9.59 Å². The maximum atomic E-state index is 13.4. The number of nitrogens with zero attached hydrogens (tertiary/aromatic N) is 3. The van der Waals surface area contributed by atoms with Gasteiger partial charge >= 0.3 is 6.03 Å². The van der Waals surface area contributed by atoms with Gasteiger partial charge in [0.15, 0.2) is 0 Å². The SMILES string of the molecule is CCCN(C1=N[C@@H](NC(=O)Nc2cccc(C)c2)C(=O)N(C)c2ccccc21)C1CCCCC1. The van der Waals surface area contributed by atoms with Gasteiger partial charge in [0.05, 0.1) is 5.69 Å². The predicted molar refractivity (Wildman–Crippen MR) is 137 cm³/mol. The van der Waals surface area contributed by atoms with Crippen molar-refractivity contribution in [2.24, 2.45) is 4.99 Å². The van der Waals surface area contributed by atoms with E-state index in [-0.39, 0.29) is 5.91 Å².